The standard InChI is InChI=1S/C28H31FN4O.2H2/c1-5-18-15-19(7-10-22(18)23-11-12-25-24(28(23)29)13-14-31-25)26(17-30-3)33(4)21-9-8-20(16-21)32-27(34)6-2;;/h5,7,10-15,17,20-21,31H,1,3,6,8-9,16H2,2,4H3,(H,32,34);2*1H/b26-17-;;/t20-,21+;;/m0../s1. The Morgan fingerprint density at radius 1 is 1.29 bits per heavy atom. The number of benzene rings is 2. The lowest BCUT2D eigenvalue weighted by Crippen LogP contribution is -2.35. The lowest BCUT2D eigenvalue weighted by atomic mass is 9.95. The number of hydrogen-bond donors (Lipinski definition) is 2. The van der Waals surface area contributed by atoms with Gasteiger partial charge in [0.25, 0.3) is 0 Å². The quantitative estimate of drug-likeness (QED) is 0.376. The molecule has 1 aliphatic rings. The van der Waals surface area contributed by atoms with E-state index in [1.54, 1.807) is 30.6 Å². The highest BCUT2D eigenvalue weighted by atomic mass is 19.1. The number of carbonyl (C=O) groups is 1. The van der Waals surface area contributed by atoms with Gasteiger partial charge in [-0.2, -0.15) is 0 Å². The van der Waals surface area contributed by atoms with Gasteiger partial charge in [0.2, 0.25) is 5.91 Å². The van der Waals surface area contributed by atoms with Crippen molar-refractivity contribution in [1.82, 2.24) is 15.2 Å². The lowest BCUT2D eigenvalue weighted by Gasteiger charge is -2.29. The molecule has 34 heavy (non-hydrogen) atoms. The predicted octanol–water partition coefficient (Wildman–Crippen LogP) is 6.49. The number of carbonyl (C=O) groups excluding carboxylic acids is 1. The first-order valence-corrected chi connectivity index (χ1v) is 11.7. The van der Waals surface area contributed by atoms with Crippen molar-refractivity contribution < 1.29 is 12.0 Å². The maximum absolute atomic E-state index is 15.2. The molecule has 1 amide bonds. The first-order valence-electron chi connectivity index (χ1n) is 11.7. The zero-order valence-electron chi connectivity index (χ0n) is 19.8. The van der Waals surface area contributed by atoms with E-state index in [9.17, 15) is 4.79 Å². The Hall–Kier alpha value is -3.67. The Labute approximate surface area is 203 Å². The van der Waals surface area contributed by atoms with Gasteiger partial charge in [0, 0.05) is 56.6 Å². The molecule has 1 saturated carbocycles. The van der Waals surface area contributed by atoms with Gasteiger partial charge in [0.1, 0.15) is 5.82 Å². The maximum Gasteiger partial charge on any atom is 0.219 e. The number of aromatic amines is 1. The van der Waals surface area contributed by atoms with Gasteiger partial charge in [-0.3, -0.25) is 9.79 Å². The Morgan fingerprint density at radius 2 is 2.09 bits per heavy atom. The SMILES string of the molecule is C=Cc1cc(/C(=C/N=C)N(C)[C@@H]2CC[C@H](NC(=O)CC)C2)ccc1-c1ccc2[nH]ccc2c1F.[HH].[HH]. The number of hydrogen-bond acceptors (Lipinski definition) is 3. The number of nitrogens with zero attached hydrogens (tertiary/aromatic N) is 2. The smallest absolute Gasteiger partial charge is 0.219 e. The highest BCUT2D eigenvalue weighted by Crippen LogP contribution is 2.35. The number of amides is 1. The summed E-state index contributed by atoms with van der Waals surface area (Å²) in [5, 5.41) is 3.68. The van der Waals surface area contributed by atoms with Crippen LogP contribution in [0.3, 0.4) is 0 Å². The minimum absolute atomic E-state index is 0. The molecule has 1 aromatic heterocycles. The average Bonchev–Trinajstić information content (AvgIpc) is 3.52. The topological polar surface area (TPSA) is 60.5 Å². The van der Waals surface area contributed by atoms with Gasteiger partial charge in [-0.15, -0.1) is 0 Å². The number of aromatic nitrogens is 1. The zero-order chi connectivity index (χ0) is 24.2. The number of rotatable bonds is 8. The van der Waals surface area contributed by atoms with Crippen LogP contribution in [0.25, 0.3) is 33.8 Å². The monoisotopic (exact) mass is 462 g/mol. The second kappa shape index (κ2) is 10.1. The molecule has 5 nitrogen and oxygen atoms in total. The van der Waals surface area contributed by atoms with Crippen LogP contribution in [0.1, 0.15) is 46.6 Å². The van der Waals surface area contributed by atoms with Crippen LogP contribution in [0.2, 0.25) is 0 Å². The van der Waals surface area contributed by atoms with E-state index in [2.05, 4.69) is 33.5 Å². The van der Waals surface area contributed by atoms with Gasteiger partial charge in [-0.1, -0.05) is 31.7 Å². The van der Waals surface area contributed by atoms with Crippen LogP contribution >= 0.6 is 0 Å². The summed E-state index contributed by atoms with van der Waals surface area (Å²) in [7, 11) is 2.05. The summed E-state index contributed by atoms with van der Waals surface area (Å²) in [4.78, 5) is 21.1. The Balaban J connectivity index is 0.00000228. The average molecular weight is 463 g/mol. The Morgan fingerprint density at radius 3 is 2.82 bits per heavy atom. The van der Waals surface area contributed by atoms with Gasteiger partial charge in [-0.05, 0) is 61.4 Å². The summed E-state index contributed by atoms with van der Waals surface area (Å²) in [6.07, 6.45) is 8.56. The molecule has 0 bridgehead atoms. The minimum atomic E-state index is -0.249. The second-order valence-electron chi connectivity index (χ2n) is 8.76. The zero-order valence-corrected chi connectivity index (χ0v) is 19.8. The molecule has 4 rings (SSSR count). The van der Waals surface area contributed by atoms with E-state index in [-0.39, 0.29) is 26.7 Å². The molecule has 2 aromatic carbocycles. The first kappa shape index (κ1) is 23.5. The molecule has 1 fully saturated rings. The fourth-order valence-electron chi connectivity index (χ4n) is 4.86. The van der Waals surface area contributed by atoms with Crippen molar-refractivity contribution in [3.63, 3.8) is 0 Å². The molecule has 0 aliphatic heterocycles. The number of halogens is 1. The molecule has 2 N–H and O–H groups in total. The number of aliphatic imine (C=N–C) groups is 1. The molecule has 3 aromatic rings. The molecule has 0 spiro atoms. The normalized spacial score (nSPS) is 18.1. The third-order valence-corrected chi connectivity index (χ3v) is 6.76. The summed E-state index contributed by atoms with van der Waals surface area (Å²) in [5.74, 6) is -0.158. The van der Waals surface area contributed by atoms with Crippen LogP contribution in [-0.4, -0.2) is 41.6 Å². The minimum Gasteiger partial charge on any atom is -0.370 e. The van der Waals surface area contributed by atoms with Gasteiger partial charge < -0.3 is 15.2 Å². The van der Waals surface area contributed by atoms with Gasteiger partial charge in [-0.25, -0.2) is 4.39 Å². The molecule has 0 radical (unpaired) electrons. The highest BCUT2D eigenvalue weighted by molar-refractivity contribution is 5.88. The molecular weight excluding hydrogens is 427 g/mol. The third-order valence-electron chi connectivity index (χ3n) is 6.76. The Bertz CT molecular complexity index is 1270. The molecule has 0 unspecified atom stereocenters. The number of H-pyrrole nitrogens is 1. The molecular formula is C28H35FN4O. The molecule has 2 atom stereocenters. The summed E-state index contributed by atoms with van der Waals surface area (Å²) >= 11 is 0. The van der Waals surface area contributed by atoms with Crippen molar-refractivity contribution in [2.75, 3.05) is 7.05 Å². The molecule has 0 saturated heterocycles. The molecule has 1 heterocycles. The molecule has 180 valence electrons. The maximum atomic E-state index is 15.2. The van der Waals surface area contributed by atoms with E-state index in [0.717, 1.165) is 47.2 Å². The van der Waals surface area contributed by atoms with E-state index in [1.165, 1.54) is 0 Å². The van der Waals surface area contributed by atoms with Gasteiger partial charge in [0.15, 0.2) is 0 Å². The van der Waals surface area contributed by atoms with Crippen molar-refractivity contribution in [3.8, 4) is 11.1 Å². The summed E-state index contributed by atoms with van der Waals surface area (Å²) in [6, 6.07) is 11.8. The van der Waals surface area contributed by atoms with Crippen molar-refractivity contribution in [3.05, 3.63) is 72.3 Å². The summed E-state index contributed by atoms with van der Waals surface area (Å²) < 4.78 is 15.2. The van der Waals surface area contributed by atoms with Crippen LogP contribution in [0.4, 0.5) is 4.39 Å². The van der Waals surface area contributed by atoms with Gasteiger partial charge in [0.05, 0.1) is 11.9 Å². The number of nitrogens with one attached hydrogen (secondary N) is 2. The van der Waals surface area contributed by atoms with E-state index in [0.29, 0.717) is 17.4 Å². The largest absolute Gasteiger partial charge is 0.370 e. The van der Waals surface area contributed by atoms with Crippen LogP contribution in [0.5, 0.6) is 0 Å². The fraction of sp³-hybridized carbons (Fsp3) is 0.286. The van der Waals surface area contributed by atoms with Crippen molar-refractivity contribution in [2.45, 2.75) is 44.7 Å². The van der Waals surface area contributed by atoms with E-state index in [4.69, 9.17) is 0 Å². The Kier molecular flexibility index (Phi) is 6.96. The summed E-state index contributed by atoms with van der Waals surface area (Å²) in [5.41, 5.74) is 4.83. The molecule has 1 aliphatic carbocycles. The van der Waals surface area contributed by atoms with Crippen LogP contribution in [0, 0.1) is 5.82 Å². The second-order valence-corrected chi connectivity index (χ2v) is 8.76. The van der Waals surface area contributed by atoms with E-state index >= 15 is 4.39 Å². The van der Waals surface area contributed by atoms with Crippen LogP contribution in [0.15, 0.2) is 60.4 Å². The van der Waals surface area contributed by atoms with Crippen molar-refractivity contribution >= 4 is 35.3 Å². The summed E-state index contributed by atoms with van der Waals surface area (Å²) in [6.45, 7) is 9.51. The van der Waals surface area contributed by atoms with E-state index < -0.39 is 0 Å². The predicted molar refractivity (Wildman–Crippen MR) is 143 cm³/mol. The van der Waals surface area contributed by atoms with Crippen molar-refractivity contribution in [1.29, 1.82) is 0 Å². The van der Waals surface area contributed by atoms with E-state index in [1.807, 2.05) is 38.2 Å². The highest BCUT2D eigenvalue weighted by Gasteiger charge is 2.30. The lowest BCUT2D eigenvalue weighted by molar-refractivity contribution is -0.121. The molecule has 6 heteroatoms. The number of fused-ring (bicyclic) bond motifs is 1. The van der Waals surface area contributed by atoms with Crippen LogP contribution in [-0.2, 0) is 4.79 Å². The third kappa shape index (κ3) is 4.53. The van der Waals surface area contributed by atoms with Crippen LogP contribution < -0.4 is 5.32 Å². The van der Waals surface area contributed by atoms with Crippen molar-refractivity contribution in [2.24, 2.45) is 4.99 Å². The first-order chi connectivity index (χ1) is 16.5. The van der Waals surface area contributed by atoms with Gasteiger partial charge >= 0.3 is 0 Å². The fourth-order valence-corrected chi connectivity index (χ4v) is 4.86.